The highest BCUT2D eigenvalue weighted by molar-refractivity contribution is 4.98. The van der Waals surface area contributed by atoms with Crippen LogP contribution in [0.5, 0.6) is 0 Å². The topological polar surface area (TPSA) is 12.0 Å². The van der Waals surface area contributed by atoms with E-state index in [1.807, 2.05) is 0 Å². The van der Waals surface area contributed by atoms with Gasteiger partial charge in [-0.2, -0.15) is 0 Å². The molecular weight excluding hydrogens is 170 g/mol. The quantitative estimate of drug-likeness (QED) is 0.663. The molecule has 2 aliphatic carbocycles. The Hall–Kier alpha value is -0.300. The Morgan fingerprint density at radius 2 is 1.29 bits per heavy atom. The van der Waals surface area contributed by atoms with Crippen LogP contribution in [0.1, 0.15) is 57.8 Å². The first kappa shape index (κ1) is 10.2. The Morgan fingerprint density at radius 1 is 0.714 bits per heavy atom. The lowest BCUT2D eigenvalue weighted by Crippen LogP contribution is -2.37. The molecule has 1 saturated carbocycles. The third-order valence-corrected chi connectivity index (χ3v) is 3.58. The van der Waals surface area contributed by atoms with Crippen LogP contribution in [-0.4, -0.2) is 12.1 Å². The molecule has 0 radical (unpaired) electrons. The normalized spacial score (nSPS) is 26.3. The third-order valence-electron chi connectivity index (χ3n) is 3.58. The molecule has 2 aliphatic rings. The van der Waals surface area contributed by atoms with Crippen LogP contribution in [0.3, 0.4) is 0 Å². The van der Waals surface area contributed by atoms with E-state index in [2.05, 4.69) is 17.5 Å². The second-order valence-electron chi connectivity index (χ2n) is 4.85. The van der Waals surface area contributed by atoms with Gasteiger partial charge in [0.15, 0.2) is 0 Å². The summed E-state index contributed by atoms with van der Waals surface area (Å²) in [7, 11) is 0. The lowest BCUT2D eigenvalue weighted by Gasteiger charge is -2.24. The maximum atomic E-state index is 3.82. The molecule has 80 valence electrons. The summed E-state index contributed by atoms with van der Waals surface area (Å²) in [4.78, 5) is 0. The Labute approximate surface area is 88.0 Å². The van der Waals surface area contributed by atoms with Crippen LogP contribution in [0, 0.1) is 0 Å². The molecule has 0 heterocycles. The van der Waals surface area contributed by atoms with Gasteiger partial charge in [-0.05, 0) is 25.7 Å². The van der Waals surface area contributed by atoms with Crippen LogP contribution in [0.25, 0.3) is 0 Å². The Kier molecular flexibility index (Phi) is 4.05. The van der Waals surface area contributed by atoms with E-state index >= 15 is 0 Å². The maximum absolute atomic E-state index is 3.82. The summed E-state index contributed by atoms with van der Waals surface area (Å²) in [6, 6.07) is 1.58. The highest BCUT2D eigenvalue weighted by atomic mass is 14.9. The number of rotatable bonds is 2. The summed E-state index contributed by atoms with van der Waals surface area (Å²) >= 11 is 0. The second kappa shape index (κ2) is 5.55. The van der Waals surface area contributed by atoms with Gasteiger partial charge in [0.05, 0.1) is 0 Å². The van der Waals surface area contributed by atoms with E-state index in [9.17, 15) is 0 Å². The zero-order valence-electron chi connectivity index (χ0n) is 9.17. The summed E-state index contributed by atoms with van der Waals surface area (Å²) in [5, 5.41) is 3.82. The van der Waals surface area contributed by atoms with Crippen molar-refractivity contribution in [3.05, 3.63) is 12.2 Å². The highest BCUT2D eigenvalue weighted by Crippen LogP contribution is 2.19. The first-order valence-corrected chi connectivity index (χ1v) is 6.36. The van der Waals surface area contributed by atoms with Crippen LogP contribution >= 0.6 is 0 Å². The molecule has 0 saturated heterocycles. The molecule has 0 spiro atoms. The number of hydrogen-bond donors (Lipinski definition) is 1. The van der Waals surface area contributed by atoms with Crippen molar-refractivity contribution in [3.8, 4) is 0 Å². The summed E-state index contributed by atoms with van der Waals surface area (Å²) in [6.07, 6.45) is 17.3. The van der Waals surface area contributed by atoms with E-state index in [1.165, 1.54) is 57.8 Å². The van der Waals surface area contributed by atoms with Crippen LogP contribution in [0.2, 0.25) is 0 Å². The predicted octanol–water partition coefficient (Wildman–Crippen LogP) is 3.41. The van der Waals surface area contributed by atoms with Gasteiger partial charge in [0, 0.05) is 12.1 Å². The van der Waals surface area contributed by atoms with Crippen molar-refractivity contribution in [2.24, 2.45) is 0 Å². The Balaban J connectivity index is 1.71. The first-order valence-electron chi connectivity index (χ1n) is 6.36. The van der Waals surface area contributed by atoms with Crippen molar-refractivity contribution in [3.63, 3.8) is 0 Å². The van der Waals surface area contributed by atoms with Gasteiger partial charge in [-0.1, -0.05) is 44.3 Å². The molecule has 1 heteroatoms. The molecule has 2 rings (SSSR count). The standard InChI is InChI=1S/C13H23N/c1-2-4-8-12(9-5-3-1)14-13-10-6-7-11-13/h6-7,12-14H,1-5,8-11H2. The fourth-order valence-electron chi connectivity index (χ4n) is 2.71. The van der Waals surface area contributed by atoms with Gasteiger partial charge in [-0.25, -0.2) is 0 Å². The van der Waals surface area contributed by atoms with E-state index in [1.54, 1.807) is 0 Å². The molecule has 0 aliphatic heterocycles. The summed E-state index contributed by atoms with van der Waals surface area (Å²) in [6.45, 7) is 0. The van der Waals surface area contributed by atoms with Gasteiger partial charge in [0.1, 0.15) is 0 Å². The van der Waals surface area contributed by atoms with Crippen molar-refractivity contribution in [1.29, 1.82) is 0 Å². The average Bonchev–Trinajstić information content (AvgIpc) is 2.62. The van der Waals surface area contributed by atoms with E-state index in [4.69, 9.17) is 0 Å². The zero-order chi connectivity index (χ0) is 9.64. The maximum Gasteiger partial charge on any atom is 0.0139 e. The molecule has 0 atom stereocenters. The van der Waals surface area contributed by atoms with E-state index in [0.29, 0.717) is 0 Å². The molecule has 0 aromatic rings. The van der Waals surface area contributed by atoms with Crippen molar-refractivity contribution in [1.82, 2.24) is 5.32 Å². The Bertz CT molecular complexity index is 170. The molecule has 0 unspecified atom stereocenters. The molecule has 0 aromatic heterocycles. The SMILES string of the molecule is C1=CCC(NC2CCCCCCC2)C1. The lowest BCUT2D eigenvalue weighted by molar-refractivity contribution is 0.356. The minimum atomic E-state index is 0.763. The molecule has 0 amide bonds. The fraction of sp³-hybridized carbons (Fsp3) is 0.846. The molecule has 1 nitrogen and oxygen atoms in total. The van der Waals surface area contributed by atoms with Gasteiger partial charge in [0.25, 0.3) is 0 Å². The largest absolute Gasteiger partial charge is 0.311 e. The van der Waals surface area contributed by atoms with Crippen LogP contribution in [-0.2, 0) is 0 Å². The molecule has 1 fully saturated rings. The van der Waals surface area contributed by atoms with Gasteiger partial charge >= 0.3 is 0 Å². The van der Waals surface area contributed by atoms with Crippen LogP contribution in [0.4, 0.5) is 0 Å². The summed E-state index contributed by atoms with van der Waals surface area (Å²) < 4.78 is 0. The van der Waals surface area contributed by atoms with Crippen molar-refractivity contribution in [2.75, 3.05) is 0 Å². The van der Waals surface area contributed by atoms with Gasteiger partial charge < -0.3 is 5.32 Å². The molecule has 0 aromatic carbocycles. The van der Waals surface area contributed by atoms with E-state index < -0.39 is 0 Å². The van der Waals surface area contributed by atoms with Crippen molar-refractivity contribution < 1.29 is 0 Å². The molecule has 0 bridgehead atoms. The number of nitrogens with one attached hydrogen (secondary N) is 1. The van der Waals surface area contributed by atoms with Gasteiger partial charge in [-0.15, -0.1) is 0 Å². The minimum Gasteiger partial charge on any atom is -0.311 e. The van der Waals surface area contributed by atoms with Gasteiger partial charge in [0.2, 0.25) is 0 Å². The fourth-order valence-corrected chi connectivity index (χ4v) is 2.71. The van der Waals surface area contributed by atoms with Crippen LogP contribution in [0.15, 0.2) is 12.2 Å². The van der Waals surface area contributed by atoms with Crippen LogP contribution < -0.4 is 5.32 Å². The average molecular weight is 193 g/mol. The lowest BCUT2D eigenvalue weighted by atomic mass is 9.96. The minimum absolute atomic E-state index is 0.763. The first-order chi connectivity index (χ1) is 6.95. The van der Waals surface area contributed by atoms with Crippen molar-refractivity contribution in [2.45, 2.75) is 69.9 Å². The predicted molar refractivity (Wildman–Crippen MR) is 61.4 cm³/mol. The van der Waals surface area contributed by atoms with E-state index in [0.717, 1.165) is 12.1 Å². The van der Waals surface area contributed by atoms with Gasteiger partial charge in [-0.3, -0.25) is 0 Å². The Morgan fingerprint density at radius 3 is 1.93 bits per heavy atom. The smallest absolute Gasteiger partial charge is 0.0139 e. The summed E-state index contributed by atoms with van der Waals surface area (Å²) in [5.74, 6) is 0. The van der Waals surface area contributed by atoms with Crippen molar-refractivity contribution >= 4 is 0 Å². The monoisotopic (exact) mass is 193 g/mol. The molecular formula is C13H23N. The third kappa shape index (κ3) is 3.13. The zero-order valence-corrected chi connectivity index (χ0v) is 9.17. The summed E-state index contributed by atoms with van der Waals surface area (Å²) in [5.41, 5.74) is 0. The second-order valence-corrected chi connectivity index (χ2v) is 4.85. The highest BCUT2D eigenvalue weighted by Gasteiger charge is 2.16. The molecule has 1 N–H and O–H groups in total. The van der Waals surface area contributed by atoms with E-state index in [-0.39, 0.29) is 0 Å². The number of hydrogen-bond acceptors (Lipinski definition) is 1. The molecule has 14 heavy (non-hydrogen) atoms.